The van der Waals surface area contributed by atoms with Gasteiger partial charge in [0.2, 0.25) is 5.79 Å². The predicted molar refractivity (Wildman–Crippen MR) is 28.9 cm³/mol. The first-order valence-corrected chi connectivity index (χ1v) is 3.02. The monoisotopic (exact) mass is 115 g/mol. The molecule has 0 aliphatic heterocycles. The fourth-order valence-corrected chi connectivity index (χ4v) is 1.12. The van der Waals surface area contributed by atoms with Crippen molar-refractivity contribution >= 4 is 0 Å². The third-order valence-electron chi connectivity index (χ3n) is 1.74. The molecule has 1 aliphatic carbocycles. The summed E-state index contributed by atoms with van der Waals surface area (Å²) in [5.41, 5.74) is 0. The van der Waals surface area contributed by atoms with E-state index in [1.54, 1.807) is 0 Å². The molecule has 0 N–H and O–H groups in total. The fraction of sp³-hybridized carbons (Fsp3) is 1.00. The molecule has 47 valence electrons. The van der Waals surface area contributed by atoms with E-state index in [-0.39, 0.29) is 0 Å². The molecular weight excluding hydrogens is 104 g/mol. The minimum atomic E-state index is -1.01. The van der Waals surface area contributed by atoms with Crippen molar-refractivity contribution in [2.24, 2.45) is 0 Å². The summed E-state index contributed by atoms with van der Waals surface area (Å²) in [6, 6.07) is 0. The van der Waals surface area contributed by atoms with Crippen molar-refractivity contribution in [3.8, 4) is 0 Å². The Morgan fingerprint density at radius 2 is 1.88 bits per heavy atom. The van der Waals surface area contributed by atoms with Gasteiger partial charge in [0.1, 0.15) is 0 Å². The van der Waals surface area contributed by atoms with Gasteiger partial charge in [-0.25, -0.2) is 0 Å². The van der Waals surface area contributed by atoms with Crippen molar-refractivity contribution in [3.05, 3.63) is 0 Å². The topological polar surface area (TPSA) is 29.1 Å². The Morgan fingerprint density at radius 1 is 1.38 bits per heavy atom. The van der Waals surface area contributed by atoms with E-state index in [4.69, 9.17) is 4.74 Å². The van der Waals surface area contributed by atoms with E-state index in [2.05, 4.69) is 0 Å². The van der Waals surface area contributed by atoms with E-state index in [0.29, 0.717) is 12.8 Å². The summed E-state index contributed by atoms with van der Waals surface area (Å²) in [6.07, 6.45) is 3.47. The van der Waals surface area contributed by atoms with Crippen LogP contribution in [0.3, 0.4) is 0 Å². The second-order valence-corrected chi connectivity index (χ2v) is 2.32. The third kappa shape index (κ3) is 1.01. The molecule has 0 unspecified atom stereocenters. The maximum absolute atomic E-state index is 11.0. The number of ether oxygens (including phenoxy) is 1. The highest BCUT2D eigenvalue weighted by molar-refractivity contribution is 4.73. The molecule has 0 atom stereocenters. The van der Waals surface area contributed by atoms with Gasteiger partial charge in [-0.1, -0.05) is 0 Å². The molecule has 1 aliphatic rings. The predicted octanol–water partition coefficient (Wildman–Crippen LogP) is 1.33. The van der Waals surface area contributed by atoms with Gasteiger partial charge in [-0.15, -0.1) is 0 Å². The molecular formula is C6H11O2. The van der Waals surface area contributed by atoms with Crippen molar-refractivity contribution in [1.82, 2.24) is 0 Å². The van der Waals surface area contributed by atoms with Crippen LogP contribution in [0.1, 0.15) is 25.7 Å². The van der Waals surface area contributed by atoms with Gasteiger partial charge in [0.05, 0.1) is 0 Å². The Kier molecular flexibility index (Phi) is 1.54. The lowest BCUT2D eigenvalue weighted by atomic mass is 10.2. The molecule has 1 saturated carbocycles. The average molecular weight is 115 g/mol. The second kappa shape index (κ2) is 2.03. The molecule has 0 aromatic carbocycles. The van der Waals surface area contributed by atoms with Crippen LogP contribution in [0.15, 0.2) is 0 Å². The van der Waals surface area contributed by atoms with Gasteiger partial charge in [-0.3, -0.25) is 0 Å². The fourth-order valence-electron chi connectivity index (χ4n) is 1.12. The summed E-state index contributed by atoms with van der Waals surface area (Å²) in [5, 5.41) is 11.0. The summed E-state index contributed by atoms with van der Waals surface area (Å²) < 4.78 is 4.74. The van der Waals surface area contributed by atoms with Crippen LogP contribution in [0.5, 0.6) is 0 Å². The van der Waals surface area contributed by atoms with Crippen LogP contribution < -0.4 is 0 Å². The molecule has 1 radical (unpaired) electrons. The van der Waals surface area contributed by atoms with Crippen LogP contribution in [0.2, 0.25) is 0 Å². The number of hydrogen-bond acceptors (Lipinski definition) is 1. The van der Waals surface area contributed by atoms with Crippen LogP contribution in [0.4, 0.5) is 0 Å². The standard InChI is InChI=1S/C6H11O2/c1-8-6(7)4-2-3-5-6/h2-5H2,1H3. The molecule has 0 saturated heterocycles. The zero-order chi connectivity index (χ0) is 6.04. The Morgan fingerprint density at radius 3 is 2.12 bits per heavy atom. The van der Waals surface area contributed by atoms with Gasteiger partial charge in [-0.05, 0) is 12.8 Å². The Bertz CT molecular complexity index is 74.6. The van der Waals surface area contributed by atoms with Gasteiger partial charge in [0.15, 0.2) is 0 Å². The number of rotatable bonds is 1. The van der Waals surface area contributed by atoms with Gasteiger partial charge < -0.3 is 4.74 Å². The van der Waals surface area contributed by atoms with Crippen LogP contribution in [0, 0.1) is 0 Å². The Hall–Kier alpha value is -0.0800. The largest absolute Gasteiger partial charge is 0.351 e. The second-order valence-electron chi connectivity index (χ2n) is 2.32. The van der Waals surface area contributed by atoms with Gasteiger partial charge in [-0.2, -0.15) is 5.11 Å². The highest BCUT2D eigenvalue weighted by atomic mass is 16.6. The lowest BCUT2D eigenvalue weighted by Gasteiger charge is -2.15. The van der Waals surface area contributed by atoms with E-state index in [0.717, 1.165) is 12.8 Å². The summed E-state index contributed by atoms with van der Waals surface area (Å²) in [6.45, 7) is 0. The maximum atomic E-state index is 11.0. The SMILES string of the molecule is COC1([O])CCCC1. The Labute approximate surface area is 49.5 Å². The zero-order valence-electron chi connectivity index (χ0n) is 5.14. The summed E-state index contributed by atoms with van der Waals surface area (Å²) in [4.78, 5) is 0. The molecule has 0 aromatic heterocycles. The highest BCUT2D eigenvalue weighted by Crippen LogP contribution is 2.29. The van der Waals surface area contributed by atoms with Crippen molar-refractivity contribution < 1.29 is 9.84 Å². The molecule has 0 bridgehead atoms. The van der Waals surface area contributed by atoms with Crippen LogP contribution >= 0.6 is 0 Å². The minimum absolute atomic E-state index is 0.698. The first kappa shape index (κ1) is 6.05. The number of hydrogen-bond donors (Lipinski definition) is 0. The van der Waals surface area contributed by atoms with Crippen molar-refractivity contribution in [2.75, 3.05) is 7.11 Å². The van der Waals surface area contributed by atoms with Crippen molar-refractivity contribution in [2.45, 2.75) is 31.5 Å². The lowest BCUT2D eigenvalue weighted by molar-refractivity contribution is -0.219. The van der Waals surface area contributed by atoms with Gasteiger partial charge in [0, 0.05) is 20.0 Å². The van der Waals surface area contributed by atoms with Crippen LogP contribution in [0.25, 0.3) is 0 Å². The normalized spacial score (nSPS) is 26.2. The molecule has 0 spiro atoms. The maximum Gasteiger partial charge on any atom is 0.201 e. The summed E-state index contributed by atoms with van der Waals surface area (Å²) in [5.74, 6) is -1.01. The van der Waals surface area contributed by atoms with Gasteiger partial charge >= 0.3 is 0 Å². The first-order chi connectivity index (χ1) is 3.77. The Balaban J connectivity index is 2.40. The molecule has 0 amide bonds. The van der Waals surface area contributed by atoms with Crippen molar-refractivity contribution in [3.63, 3.8) is 0 Å². The lowest BCUT2D eigenvalue weighted by Crippen LogP contribution is -2.23. The van der Waals surface area contributed by atoms with E-state index >= 15 is 0 Å². The molecule has 8 heavy (non-hydrogen) atoms. The highest BCUT2D eigenvalue weighted by Gasteiger charge is 2.32. The van der Waals surface area contributed by atoms with Gasteiger partial charge in [0.25, 0.3) is 0 Å². The molecule has 1 rings (SSSR count). The van der Waals surface area contributed by atoms with Crippen molar-refractivity contribution in [1.29, 1.82) is 0 Å². The number of methoxy groups -OCH3 is 1. The van der Waals surface area contributed by atoms with E-state index < -0.39 is 5.79 Å². The quantitative estimate of drug-likeness (QED) is 0.474. The van der Waals surface area contributed by atoms with Crippen LogP contribution in [-0.2, 0) is 9.84 Å². The summed E-state index contributed by atoms with van der Waals surface area (Å²) in [7, 11) is 1.50. The third-order valence-corrected chi connectivity index (χ3v) is 1.74. The van der Waals surface area contributed by atoms with E-state index in [1.807, 2.05) is 0 Å². The molecule has 2 nitrogen and oxygen atoms in total. The van der Waals surface area contributed by atoms with E-state index in [9.17, 15) is 5.11 Å². The van der Waals surface area contributed by atoms with E-state index in [1.165, 1.54) is 7.11 Å². The first-order valence-electron chi connectivity index (χ1n) is 3.02. The molecule has 0 heterocycles. The molecule has 0 aromatic rings. The van der Waals surface area contributed by atoms with Crippen LogP contribution in [-0.4, -0.2) is 12.9 Å². The minimum Gasteiger partial charge on any atom is -0.351 e. The summed E-state index contributed by atoms with van der Waals surface area (Å²) >= 11 is 0. The smallest absolute Gasteiger partial charge is 0.201 e. The zero-order valence-corrected chi connectivity index (χ0v) is 5.14. The average Bonchev–Trinajstić information content (AvgIpc) is 2.17. The molecule has 1 fully saturated rings. The molecule has 2 heteroatoms.